The first-order valence-electron chi connectivity index (χ1n) is 9.97. The Balaban J connectivity index is 1.59. The Morgan fingerprint density at radius 3 is 2.59 bits per heavy atom. The van der Waals surface area contributed by atoms with Crippen molar-refractivity contribution < 1.29 is 18.7 Å². The summed E-state index contributed by atoms with van der Waals surface area (Å²) in [5.74, 6) is -1.02. The van der Waals surface area contributed by atoms with Crippen molar-refractivity contribution in [1.82, 2.24) is 4.90 Å². The molecular formula is C23H21FN2O3. The van der Waals surface area contributed by atoms with Gasteiger partial charge in [0.1, 0.15) is 11.5 Å². The van der Waals surface area contributed by atoms with Crippen molar-refractivity contribution in [1.29, 1.82) is 0 Å². The van der Waals surface area contributed by atoms with Crippen molar-refractivity contribution in [3.05, 3.63) is 71.2 Å². The van der Waals surface area contributed by atoms with Crippen molar-refractivity contribution in [2.45, 2.75) is 25.4 Å². The van der Waals surface area contributed by atoms with Gasteiger partial charge in [0.15, 0.2) is 0 Å². The lowest BCUT2D eigenvalue weighted by molar-refractivity contribution is -0.138. The molecule has 0 saturated carbocycles. The molecule has 0 aliphatic carbocycles. The van der Waals surface area contributed by atoms with Crippen LogP contribution < -0.4 is 4.90 Å². The van der Waals surface area contributed by atoms with E-state index in [1.54, 1.807) is 12.1 Å². The molecule has 1 unspecified atom stereocenters. The summed E-state index contributed by atoms with van der Waals surface area (Å²) in [5, 5.41) is 0. The van der Waals surface area contributed by atoms with Crippen LogP contribution in [0.5, 0.6) is 0 Å². The highest BCUT2D eigenvalue weighted by Gasteiger charge is 2.44. The zero-order chi connectivity index (χ0) is 20.0. The molecule has 0 aromatic heterocycles. The fraction of sp³-hybridized carbons (Fsp3) is 0.304. The van der Waals surface area contributed by atoms with Crippen LogP contribution in [0.25, 0.3) is 5.57 Å². The molecule has 1 atom stereocenters. The first-order valence-corrected chi connectivity index (χ1v) is 9.97. The van der Waals surface area contributed by atoms with Crippen LogP contribution in [0.1, 0.15) is 24.0 Å². The zero-order valence-electron chi connectivity index (χ0n) is 15.9. The van der Waals surface area contributed by atoms with E-state index in [-0.39, 0.29) is 30.3 Å². The van der Waals surface area contributed by atoms with Crippen molar-refractivity contribution in [3.8, 4) is 0 Å². The van der Waals surface area contributed by atoms with Gasteiger partial charge in [0, 0.05) is 18.8 Å². The molecule has 1 saturated heterocycles. The second kappa shape index (κ2) is 7.12. The third kappa shape index (κ3) is 3.04. The van der Waals surface area contributed by atoms with Gasteiger partial charge < -0.3 is 9.64 Å². The molecular weight excluding hydrogens is 371 g/mol. The van der Waals surface area contributed by atoms with E-state index in [1.807, 2.05) is 29.2 Å². The Kier molecular flexibility index (Phi) is 4.43. The van der Waals surface area contributed by atoms with Crippen LogP contribution >= 0.6 is 0 Å². The van der Waals surface area contributed by atoms with Crippen LogP contribution in [0.4, 0.5) is 10.1 Å². The largest absolute Gasteiger partial charge is 0.376 e. The number of hydrogen-bond acceptors (Lipinski definition) is 4. The number of amides is 2. The highest BCUT2D eigenvalue weighted by atomic mass is 19.1. The first kappa shape index (κ1) is 18.1. The number of carbonyl (C=O) groups is 2. The molecule has 5 rings (SSSR count). The van der Waals surface area contributed by atoms with Gasteiger partial charge in [0.05, 0.1) is 18.2 Å². The number of imide groups is 1. The minimum atomic E-state index is -0.379. The van der Waals surface area contributed by atoms with Gasteiger partial charge in [-0.2, -0.15) is 0 Å². The maximum Gasteiger partial charge on any atom is 0.278 e. The second-order valence-corrected chi connectivity index (χ2v) is 7.62. The fourth-order valence-corrected chi connectivity index (χ4v) is 4.42. The number of fused-ring (bicyclic) bond motifs is 1. The van der Waals surface area contributed by atoms with Crippen molar-refractivity contribution in [2.24, 2.45) is 0 Å². The molecule has 5 nitrogen and oxygen atoms in total. The summed E-state index contributed by atoms with van der Waals surface area (Å²) >= 11 is 0. The Bertz CT molecular complexity index is 1010. The molecule has 6 heteroatoms. The Hall–Kier alpha value is -2.99. The molecule has 148 valence electrons. The van der Waals surface area contributed by atoms with Crippen molar-refractivity contribution >= 4 is 23.1 Å². The van der Waals surface area contributed by atoms with E-state index < -0.39 is 0 Å². The number of carbonyl (C=O) groups excluding carboxylic acids is 2. The number of benzene rings is 2. The van der Waals surface area contributed by atoms with E-state index in [0.717, 1.165) is 30.5 Å². The topological polar surface area (TPSA) is 49.9 Å². The molecule has 3 heterocycles. The SMILES string of the molecule is O=C1C(c2ccc(F)cc2)=C(N2CCc3ccccc32)C(=O)N1CC1CCCO1. The normalized spacial score (nSPS) is 21.5. The molecule has 0 N–H and O–H groups in total. The number of rotatable bonds is 4. The van der Waals surface area contributed by atoms with Gasteiger partial charge in [0.2, 0.25) is 0 Å². The number of ether oxygens (including phenoxy) is 1. The van der Waals surface area contributed by atoms with Crippen LogP contribution in [0.15, 0.2) is 54.2 Å². The molecule has 0 radical (unpaired) electrons. The first-order chi connectivity index (χ1) is 14.1. The van der Waals surface area contributed by atoms with Gasteiger partial charge >= 0.3 is 0 Å². The average Bonchev–Trinajstić information content (AvgIpc) is 3.44. The molecule has 29 heavy (non-hydrogen) atoms. The minimum Gasteiger partial charge on any atom is -0.376 e. The highest BCUT2D eigenvalue weighted by molar-refractivity contribution is 6.36. The second-order valence-electron chi connectivity index (χ2n) is 7.62. The summed E-state index contributed by atoms with van der Waals surface area (Å²) in [6, 6.07) is 13.7. The monoisotopic (exact) mass is 392 g/mol. The summed E-state index contributed by atoms with van der Waals surface area (Å²) in [6.45, 7) is 1.54. The van der Waals surface area contributed by atoms with Crippen LogP contribution in [0.3, 0.4) is 0 Å². The Morgan fingerprint density at radius 2 is 1.83 bits per heavy atom. The maximum atomic E-state index is 13.5. The van der Waals surface area contributed by atoms with Gasteiger partial charge in [-0.25, -0.2) is 4.39 Å². The van der Waals surface area contributed by atoms with E-state index in [4.69, 9.17) is 4.74 Å². The molecule has 3 aliphatic heterocycles. The molecule has 0 spiro atoms. The molecule has 3 aliphatic rings. The molecule has 2 amide bonds. The summed E-state index contributed by atoms with van der Waals surface area (Å²) in [6.07, 6.45) is 2.46. The maximum absolute atomic E-state index is 13.5. The summed E-state index contributed by atoms with van der Waals surface area (Å²) in [4.78, 5) is 30.0. The van der Waals surface area contributed by atoms with E-state index in [9.17, 15) is 14.0 Å². The van der Waals surface area contributed by atoms with Gasteiger partial charge in [-0.3, -0.25) is 14.5 Å². The van der Waals surface area contributed by atoms with Gasteiger partial charge in [0.25, 0.3) is 11.8 Å². The van der Waals surface area contributed by atoms with E-state index in [2.05, 4.69) is 0 Å². The Morgan fingerprint density at radius 1 is 1.03 bits per heavy atom. The lowest BCUT2D eigenvalue weighted by Gasteiger charge is -2.23. The predicted octanol–water partition coefficient (Wildman–Crippen LogP) is 3.15. The summed E-state index contributed by atoms with van der Waals surface area (Å²) in [7, 11) is 0. The number of hydrogen-bond donors (Lipinski definition) is 0. The molecule has 0 bridgehead atoms. The standard InChI is InChI=1S/C23H21FN2O3/c24-17-9-7-16(8-10-17)20-21(25-12-11-15-4-1-2-6-19(15)25)23(28)26(22(20)27)14-18-5-3-13-29-18/h1-2,4,6-10,18H,3,5,11-14H2. The number of para-hydroxylation sites is 1. The number of nitrogens with zero attached hydrogens (tertiary/aromatic N) is 2. The molecule has 2 aromatic rings. The smallest absolute Gasteiger partial charge is 0.278 e. The quantitative estimate of drug-likeness (QED) is 0.750. The van der Waals surface area contributed by atoms with Gasteiger partial charge in [-0.15, -0.1) is 0 Å². The predicted molar refractivity (Wildman–Crippen MR) is 107 cm³/mol. The zero-order valence-corrected chi connectivity index (χ0v) is 15.9. The molecule has 2 aromatic carbocycles. The van der Waals surface area contributed by atoms with Gasteiger partial charge in [-0.1, -0.05) is 30.3 Å². The summed E-state index contributed by atoms with van der Waals surface area (Å²) < 4.78 is 19.1. The van der Waals surface area contributed by atoms with Crippen LogP contribution in [0, 0.1) is 5.82 Å². The van der Waals surface area contributed by atoms with Crippen LogP contribution in [-0.2, 0) is 20.7 Å². The number of anilines is 1. The lowest BCUT2D eigenvalue weighted by Crippen LogP contribution is -2.39. The highest BCUT2D eigenvalue weighted by Crippen LogP contribution is 2.38. The third-order valence-corrected chi connectivity index (χ3v) is 5.84. The number of halogens is 1. The fourth-order valence-electron chi connectivity index (χ4n) is 4.42. The average molecular weight is 392 g/mol. The van der Waals surface area contributed by atoms with E-state index >= 15 is 0 Å². The van der Waals surface area contributed by atoms with Crippen molar-refractivity contribution in [2.75, 3.05) is 24.6 Å². The lowest BCUT2D eigenvalue weighted by atomic mass is 10.0. The van der Waals surface area contributed by atoms with Crippen LogP contribution in [0.2, 0.25) is 0 Å². The Labute approximate surface area is 168 Å². The van der Waals surface area contributed by atoms with E-state index in [0.29, 0.717) is 30.0 Å². The third-order valence-electron chi connectivity index (χ3n) is 5.84. The van der Waals surface area contributed by atoms with Crippen molar-refractivity contribution in [3.63, 3.8) is 0 Å². The van der Waals surface area contributed by atoms with Crippen LogP contribution in [-0.4, -0.2) is 42.5 Å². The minimum absolute atomic E-state index is 0.123. The molecule has 1 fully saturated rings. The van der Waals surface area contributed by atoms with E-state index in [1.165, 1.54) is 17.0 Å². The van der Waals surface area contributed by atoms with Gasteiger partial charge in [-0.05, 0) is 48.6 Å². The summed E-state index contributed by atoms with van der Waals surface area (Å²) in [5.41, 5.74) is 3.37.